The van der Waals surface area contributed by atoms with Gasteiger partial charge in [0.25, 0.3) is 10.1 Å². The number of amides is 1. The van der Waals surface area contributed by atoms with Crippen molar-refractivity contribution < 1.29 is 22.1 Å². The predicted molar refractivity (Wildman–Crippen MR) is 67.0 cm³/mol. The van der Waals surface area contributed by atoms with Gasteiger partial charge in [0.1, 0.15) is 0 Å². The Morgan fingerprint density at radius 2 is 2.00 bits per heavy atom. The molecule has 0 radical (unpaired) electrons. The zero-order chi connectivity index (χ0) is 13.9. The summed E-state index contributed by atoms with van der Waals surface area (Å²) in [5.41, 5.74) is 0.580. The SMILES string of the molecule is Cc1ccccc1S(=O)(=O)OCOC(=O)N1CCC1. The molecule has 6 nitrogen and oxygen atoms in total. The van der Waals surface area contributed by atoms with Crippen molar-refractivity contribution in [1.82, 2.24) is 4.90 Å². The summed E-state index contributed by atoms with van der Waals surface area (Å²) >= 11 is 0. The Morgan fingerprint density at radius 3 is 2.58 bits per heavy atom. The molecule has 1 amide bonds. The van der Waals surface area contributed by atoms with Crippen LogP contribution in [0.25, 0.3) is 0 Å². The molecule has 0 saturated carbocycles. The largest absolute Gasteiger partial charge is 0.421 e. The molecule has 1 aliphatic heterocycles. The molecule has 1 heterocycles. The summed E-state index contributed by atoms with van der Waals surface area (Å²) in [6.07, 6.45) is 0.392. The van der Waals surface area contributed by atoms with E-state index in [1.165, 1.54) is 11.0 Å². The summed E-state index contributed by atoms with van der Waals surface area (Å²) < 4.78 is 33.1. The maximum Gasteiger partial charge on any atom is 0.411 e. The van der Waals surface area contributed by atoms with E-state index in [0.29, 0.717) is 18.7 Å². The molecule has 2 rings (SSSR count). The Morgan fingerprint density at radius 1 is 1.32 bits per heavy atom. The average molecular weight is 285 g/mol. The molecule has 1 aromatic carbocycles. The number of hydrogen-bond acceptors (Lipinski definition) is 5. The third-order valence-corrected chi connectivity index (χ3v) is 4.27. The molecule has 0 bridgehead atoms. The number of aryl methyl sites for hydroxylation is 1. The molecule has 0 spiro atoms. The number of benzene rings is 1. The molecule has 0 atom stereocenters. The van der Waals surface area contributed by atoms with Crippen molar-refractivity contribution in [3.8, 4) is 0 Å². The van der Waals surface area contributed by atoms with E-state index in [-0.39, 0.29) is 4.90 Å². The molecule has 104 valence electrons. The predicted octanol–water partition coefficient (Wildman–Crippen LogP) is 1.50. The van der Waals surface area contributed by atoms with Crippen LogP contribution in [-0.2, 0) is 19.0 Å². The molecule has 0 N–H and O–H groups in total. The van der Waals surface area contributed by atoms with Crippen LogP contribution >= 0.6 is 0 Å². The minimum absolute atomic E-state index is 0.0787. The normalized spacial score (nSPS) is 14.9. The molecule has 7 heteroatoms. The van der Waals surface area contributed by atoms with Gasteiger partial charge in [-0.25, -0.2) is 8.98 Å². The van der Waals surface area contributed by atoms with Gasteiger partial charge in [-0.15, -0.1) is 0 Å². The van der Waals surface area contributed by atoms with Gasteiger partial charge in [0.2, 0.25) is 6.79 Å². The molecule has 1 fully saturated rings. The highest BCUT2D eigenvalue weighted by atomic mass is 32.2. The van der Waals surface area contributed by atoms with E-state index < -0.39 is 23.0 Å². The monoisotopic (exact) mass is 285 g/mol. The van der Waals surface area contributed by atoms with Crippen molar-refractivity contribution in [2.45, 2.75) is 18.2 Å². The summed E-state index contributed by atoms with van der Waals surface area (Å²) in [4.78, 5) is 12.9. The number of carbonyl (C=O) groups excluding carboxylic acids is 1. The maximum atomic E-state index is 11.9. The summed E-state index contributed by atoms with van der Waals surface area (Å²) in [5.74, 6) is 0. The number of carbonyl (C=O) groups is 1. The summed E-state index contributed by atoms with van der Waals surface area (Å²) in [6.45, 7) is 2.35. The van der Waals surface area contributed by atoms with Crippen LogP contribution in [0.2, 0.25) is 0 Å². The van der Waals surface area contributed by atoms with E-state index >= 15 is 0 Å². The highest BCUT2D eigenvalue weighted by molar-refractivity contribution is 7.86. The van der Waals surface area contributed by atoms with Gasteiger partial charge in [0.05, 0.1) is 4.90 Å². The molecule has 1 aliphatic rings. The van der Waals surface area contributed by atoms with Gasteiger partial charge in [-0.3, -0.25) is 0 Å². The second kappa shape index (κ2) is 5.58. The van der Waals surface area contributed by atoms with E-state index in [9.17, 15) is 13.2 Å². The molecular formula is C12H15NO5S. The van der Waals surface area contributed by atoms with Crippen molar-refractivity contribution in [3.05, 3.63) is 29.8 Å². The summed E-state index contributed by atoms with van der Waals surface area (Å²) in [7, 11) is -3.90. The number of nitrogens with zero attached hydrogens (tertiary/aromatic N) is 1. The van der Waals surface area contributed by atoms with Crippen molar-refractivity contribution in [2.75, 3.05) is 19.9 Å². The summed E-state index contributed by atoms with van der Waals surface area (Å²) in [6, 6.07) is 6.46. The zero-order valence-corrected chi connectivity index (χ0v) is 11.4. The Kier molecular flexibility index (Phi) is 4.06. The summed E-state index contributed by atoms with van der Waals surface area (Å²) in [5, 5.41) is 0. The maximum absolute atomic E-state index is 11.9. The van der Waals surface area contributed by atoms with Crippen LogP contribution in [0.15, 0.2) is 29.2 Å². The third-order valence-electron chi connectivity index (χ3n) is 2.86. The minimum atomic E-state index is -3.90. The van der Waals surface area contributed by atoms with Crippen LogP contribution < -0.4 is 0 Å². The van der Waals surface area contributed by atoms with E-state index in [1.54, 1.807) is 25.1 Å². The van der Waals surface area contributed by atoms with Crippen LogP contribution in [0.4, 0.5) is 4.79 Å². The number of rotatable bonds is 4. The molecule has 0 unspecified atom stereocenters. The lowest BCUT2D eigenvalue weighted by atomic mass is 10.2. The Labute approximate surface area is 112 Å². The van der Waals surface area contributed by atoms with Crippen molar-refractivity contribution in [3.63, 3.8) is 0 Å². The first kappa shape index (κ1) is 13.8. The molecule has 0 aliphatic carbocycles. The fraction of sp³-hybridized carbons (Fsp3) is 0.417. The quantitative estimate of drug-likeness (QED) is 0.619. The van der Waals surface area contributed by atoms with Crippen molar-refractivity contribution >= 4 is 16.2 Å². The first-order valence-corrected chi connectivity index (χ1v) is 7.28. The second-order valence-electron chi connectivity index (χ2n) is 4.21. The first-order valence-electron chi connectivity index (χ1n) is 5.87. The average Bonchev–Trinajstić information content (AvgIpc) is 2.26. The van der Waals surface area contributed by atoms with Gasteiger partial charge in [-0.05, 0) is 25.0 Å². The van der Waals surface area contributed by atoms with Crippen LogP contribution in [0.3, 0.4) is 0 Å². The lowest BCUT2D eigenvalue weighted by molar-refractivity contribution is 0.0265. The van der Waals surface area contributed by atoms with Gasteiger partial charge >= 0.3 is 6.09 Å². The van der Waals surface area contributed by atoms with E-state index in [0.717, 1.165) is 6.42 Å². The van der Waals surface area contributed by atoms with Gasteiger partial charge in [-0.2, -0.15) is 8.42 Å². The number of likely N-dealkylation sites (tertiary alicyclic amines) is 1. The van der Waals surface area contributed by atoms with Crippen LogP contribution in [0, 0.1) is 6.92 Å². The fourth-order valence-corrected chi connectivity index (χ4v) is 2.64. The molecular weight excluding hydrogens is 270 g/mol. The topological polar surface area (TPSA) is 72.9 Å². The molecule has 1 saturated heterocycles. The highest BCUT2D eigenvalue weighted by Gasteiger charge is 2.23. The number of hydrogen-bond donors (Lipinski definition) is 0. The standard InChI is InChI=1S/C12H15NO5S/c1-10-5-2-3-6-11(10)19(15,16)18-9-17-12(14)13-7-4-8-13/h2-3,5-6H,4,7-9H2,1H3. The zero-order valence-electron chi connectivity index (χ0n) is 10.5. The van der Waals surface area contributed by atoms with E-state index in [1.807, 2.05) is 0 Å². The van der Waals surface area contributed by atoms with Crippen LogP contribution in [-0.4, -0.2) is 39.3 Å². The van der Waals surface area contributed by atoms with Gasteiger partial charge in [-0.1, -0.05) is 18.2 Å². The lowest BCUT2D eigenvalue weighted by Gasteiger charge is -2.29. The Balaban J connectivity index is 1.91. The van der Waals surface area contributed by atoms with Gasteiger partial charge < -0.3 is 9.64 Å². The molecule has 19 heavy (non-hydrogen) atoms. The fourth-order valence-electron chi connectivity index (χ4n) is 1.63. The number of ether oxygens (including phenoxy) is 1. The lowest BCUT2D eigenvalue weighted by Crippen LogP contribution is -2.42. The minimum Gasteiger partial charge on any atom is -0.421 e. The Hall–Kier alpha value is -1.60. The second-order valence-corrected chi connectivity index (χ2v) is 5.79. The van der Waals surface area contributed by atoms with Crippen molar-refractivity contribution in [2.24, 2.45) is 0 Å². The van der Waals surface area contributed by atoms with Gasteiger partial charge in [0.15, 0.2) is 0 Å². The van der Waals surface area contributed by atoms with Gasteiger partial charge in [0, 0.05) is 13.1 Å². The van der Waals surface area contributed by atoms with Crippen molar-refractivity contribution in [1.29, 1.82) is 0 Å². The highest BCUT2D eigenvalue weighted by Crippen LogP contribution is 2.17. The van der Waals surface area contributed by atoms with Crippen LogP contribution in [0.5, 0.6) is 0 Å². The molecule has 1 aromatic rings. The molecule has 0 aromatic heterocycles. The Bertz CT molecular complexity index is 565. The smallest absolute Gasteiger partial charge is 0.411 e. The third kappa shape index (κ3) is 3.24. The van der Waals surface area contributed by atoms with E-state index in [2.05, 4.69) is 4.18 Å². The van der Waals surface area contributed by atoms with E-state index in [4.69, 9.17) is 4.74 Å². The van der Waals surface area contributed by atoms with Crippen LogP contribution in [0.1, 0.15) is 12.0 Å². The first-order chi connectivity index (χ1) is 9.00.